The molecular formula is C18H15Cl3N4O2. The first kappa shape index (κ1) is 19.6. The normalized spacial score (nSPS) is 11.1. The van der Waals surface area contributed by atoms with E-state index in [-0.39, 0.29) is 18.0 Å². The molecule has 0 unspecified atom stereocenters. The number of rotatable bonds is 5. The Balaban J connectivity index is 1.67. The van der Waals surface area contributed by atoms with Crippen molar-refractivity contribution in [1.82, 2.24) is 14.9 Å². The standard InChI is InChI=1S/C18H15Cl3N4O2/c1-25(8-16-22-14-5-3-2-4-10(14)18(27)24-16)9-17(26)23-15-7-12(20)11(19)6-13(15)21/h2-7H,8-9H2,1H3,(H,23,26)(H,22,24,27). The van der Waals surface area contributed by atoms with Gasteiger partial charge in [-0.2, -0.15) is 0 Å². The fourth-order valence-electron chi connectivity index (χ4n) is 2.57. The lowest BCUT2D eigenvalue weighted by Crippen LogP contribution is -2.31. The topological polar surface area (TPSA) is 78.1 Å². The zero-order valence-corrected chi connectivity index (χ0v) is 16.5. The highest BCUT2D eigenvalue weighted by molar-refractivity contribution is 6.44. The third-order valence-electron chi connectivity index (χ3n) is 3.78. The molecule has 9 heteroatoms. The fraction of sp³-hybridized carbons (Fsp3) is 0.167. The van der Waals surface area contributed by atoms with E-state index >= 15 is 0 Å². The Kier molecular flexibility index (Phi) is 6.01. The number of carbonyl (C=O) groups is 1. The van der Waals surface area contributed by atoms with Gasteiger partial charge in [0, 0.05) is 0 Å². The molecule has 0 aliphatic heterocycles. The summed E-state index contributed by atoms with van der Waals surface area (Å²) < 4.78 is 0. The van der Waals surface area contributed by atoms with E-state index < -0.39 is 0 Å². The first-order valence-corrected chi connectivity index (χ1v) is 9.08. The molecule has 0 aliphatic carbocycles. The molecule has 6 nitrogen and oxygen atoms in total. The van der Waals surface area contributed by atoms with Gasteiger partial charge >= 0.3 is 0 Å². The van der Waals surface area contributed by atoms with Crippen LogP contribution in [-0.4, -0.2) is 34.4 Å². The molecule has 0 fully saturated rings. The molecule has 140 valence electrons. The van der Waals surface area contributed by atoms with Crippen molar-refractivity contribution in [3.63, 3.8) is 0 Å². The highest BCUT2D eigenvalue weighted by Gasteiger charge is 2.13. The molecule has 1 aromatic heterocycles. The van der Waals surface area contributed by atoms with E-state index in [1.165, 1.54) is 12.1 Å². The van der Waals surface area contributed by atoms with Crippen molar-refractivity contribution in [3.8, 4) is 0 Å². The molecule has 2 N–H and O–H groups in total. The Morgan fingerprint density at radius 3 is 2.63 bits per heavy atom. The number of halogens is 3. The van der Waals surface area contributed by atoms with Gasteiger partial charge in [-0.1, -0.05) is 46.9 Å². The second kappa shape index (κ2) is 8.27. The van der Waals surface area contributed by atoms with Crippen LogP contribution in [0.5, 0.6) is 0 Å². The van der Waals surface area contributed by atoms with Crippen LogP contribution in [0.15, 0.2) is 41.2 Å². The van der Waals surface area contributed by atoms with Crippen LogP contribution in [0.4, 0.5) is 5.69 Å². The molecule has 0 saturated heterocycles. The first-order valence-electron chi connectivity index (χ1n) is 7.94. The maximum Gasteiger partial charge on any atom is 0.258 e. The summed E-state index contributed by atoms with van der Waals surface area (Å²) in [6, 6.07) is 10.0. The van der Waals surface area contributed by atoms with E-state index in [2.05, 4.69) is 15.3 Å². The van der Waals surface area contributed by atoms with E-state index in [4.69, 9.17) is 34.8 Å². The van der Waals surface area contributed by atoms with Crippen LogP contribution < -0.4 is 10.9 Å². The van der Waals surface area contributed by atoms with E-state index in [0.29, 0.717) is 44.0 Å². The predicted octanol–water partition coefficient (Wildman–Crippen LogP) is 3.95. The average molecular weight is 426 g/mol. The number of likely N-dealkylation sites (N-methyl/N-ethyl adjacent to an activating group) is 1. The lowest BCUT2D eigenvalue weighted by atomic mass is 10.2. The fourth-order valence-corrected chi connectivity index (χ4v) is 3.17. The van der Waals surface area contributed by atoms with Crippen molar-refractivity contribution in [2.24, 2.45) is 0 Å². The number of H-pyrrole nitrogens is 1. The lowest BCUT2D eigenvalue weighted by Gasteiger charge is -2.16. The molecule has 1 heterocycles. The summed E-state index contributed by atoms with van der Waals surface area (Å²) >= 11 is 17.9. The number of amides is 1. The monoisotopic (exact) mass is 424 g/mol. The highest BCUT2D eigenvalue weighted by Crippen LogP contribution is 2.32. The van der Waals surface area contributed by atoms with Gasteiger partial charge in [-0.3, -0.25) is 14.5 Å². The third-order valence-corrected chi connectivity index (χ3v) is 4.81. The molecule has 3 rings (SSSR count). The molecule has 0 bridgehead atoms. The minimum atomic E-state index is -0.291. The smallest absolute Gasteiger partial charge is 0.258 e. The van der Waals surface area contributed by atoms with Crippen LogP contribution in [-0.2, 0) is 11.3 Å². The van der Waals surface area contributed by atoms with Gasteiger partial charge in [-0.05, 0) is 31.3 Å². The Labute approximate surface area is 170 Å². The van der Waals surface area contributed by atoms with Crippen LogP contribution >= 0.6 is 34.8 Å². The molecule has 0 atom stereocenters. The van der Waals surface area contributed by atoms with Gasteiger partial charge in [0.25, 0.3) is 5.56 Å². The number of aromatic amines is 1. The zero-order chi connectivity index (χ0) is 19.6. The van der Waals surface area contributed by atoms with Crippen molar-refractivity contribution in [2.75, 3.05) is 18.9 Å². The zero-order valence-electron chi connectivity index (χ0n) is 14.2. The Hall–Kier alpha value is -2.12. The summed E-state index contributed by atoms with van der Waals surface area (Å²) in [5, 5.41) is 4.11. The van der Waals surface area contributed by atoms with Crippen molar-refractivity contribution in [2.45, 2.75) is 6.54 Å². The summed E-state index contributed by atoms with van der Waals surface area (Å²) in [5.74, 6) is 0.183. The van der Waals surface area contributed by atoms with E-state index in [0.717, 1.165) is 0 Å². The molecule has 0 radical (unpaired) electrons. The second-order valence-corrected chi connectivity index (χ2v) is 7.22. The summed E-state index contributed by atoms with van der Waals surface area (Å²) in [4.78, 5) is 33.2. The number of nitrogens with zero attached hydrogens (tertiary/aromatic N) is 2. The number of aromatic nitrogens is 2. The van der Waals surface area contributed by atoms with Crippen LogP contribution in [0.3, 0.4) is 0 Å². The third kappa shape index (κ3) is 4.78. The molecule has 2 aromatic carbocycles. The summed E-state index contributed by atoms with van der Waals surface area (Å²) in [7, 11) is 1.74. The van der Waals surface area contributed by atoms with Crippen molar-refractivity contribution < 1.29 is 4.79 Å². The van der Waals surface area contributed by atoms with Gasteiger partial charge in [0.2, 0.25) is 5.91 Å². The Morgan fingerprint density at radius 1 is 1.15 bits per heavy atom. The SMILES string of the molecule is CN(CC(=O)Nc1cc(Cl)c(Cl)cc1Cl)Cc1nc2ccccc2c(=O)[nH]1. The number of para-hydroxylation sites is 1. The average Bonchev–Trinajstić information content (AvgIpc) is 2.59. The number of benzene rings is 2. The van der Waals surface area contributed by atoms with Gasteiger partial charge in [-0.15, -0.1) is 0 Å². The summed E-state index contributed by atoms with van der Waals surface area (Å²) in [5.41, 5.74) is 0.773. The summed E-state index contributed by atoms with van der Waals surface area (Å²) in [6.07, 6.45) is 0. The predicted molar refractivity (Wildman–Crippen MR) is 109 cm³/mol. The van der Waals surface area contributed by atoms with Crippen LogP contribution in [0.1, 0.15) is 5.82 Å². The molecule has 1 amide bonds. The van der Waals surface area contributed by atoms with Gasteiger partial charge in [-0.25, -0.2) is 4.98 Å². The summed E-state index contributed by atoms with van der Waals surface area (Å²) in [6.45, 7) is 0.357. The maximum atomic E-state index is 12.3. The van der Waals surface area contributed by atoms with E-state index in [1.54, 1.807) is 30.1 Å². The van der Waals surface area contributed by atoms with Gasteiger partial charge < -0.3 is 10.3 Å². The number of fused-ring (bicyclic) bond motifs is 1. The number of carbonyl (C=O) groups excluding carboxylic acids is 1. The van der Waals surface area contributed by atoms with Crippen LogP contribution in [0.2, 0.25) is 15.1 Å². The molecular weight excluding hydrogens is 411 g/mol. The van der Waals surface area contributed by atoms with Crippen LogP contribution in [0, 0.1) is 0 Å². The van der Waals surface area contributed by atoms with Crippen LogP contribution in [0.25, 0.3) is 10.9 Å². The van der Waals surface area contributed by atoms with E-state index in [1.807, 2.05) is 6.07 Å². The largest absolute Gasteiger partial charge is 0.324 e. The van der Waals surface area contributed by atoms with E-state index in [9.17, 15) is 9.59 Å². The van der Waals surface area contributed by atoms with Gasteiger partial charge in [0.1, 0.15) is 5.82 Å². The lowest BCUT2D eigenvalue weighted by molar-refractivity contribution is -0.117. The highest BCUT2D eigenvalue weighted by atomic mass is 35.5. The quantitative estimate of drug-likeness (QED) is 0.607. The van der Waals surface area contributed by atoms with Crippen molar-refractivity contribution >= 4 is 57.3 Å². The van der Waals surface area contributed by atoms with Crippen molar-refractivity contribution in [1.29, 1.82) is 0 Å². The Morgan fingerprint density at radius 2 is 1.85 bits per heavy atom. The molecule has 0 aliphatic rings. The number of anilines is 1. The molecule has 27 heavy (non-hydrogen) atoms. The first-order chi connectivity index (χ1) is 12.8. The number of hydrogen-bond acceptors (Lipinski definition) is 4. The number of hydrogen-bond donors (Lipinski definition) is 2. The molecule has 3 aromatic rings. The maximum absolute atomic E-state index is 12.3. The van der Waals surface area contributed by atoms with Gasteiger partial charge in [0.15, 0.2) is 0 Å². The van der Waals surface area contributed by atoms with Crippen molar-refractivity contribution in [3.05, 3.63) is 67.6 Å². The minimum absolute atomic E-state index is 0.0626. The molecule has 0 saturated carbocycles. The minimum Gasteiger partial charge on any atom is -0.324 e. The second-order valence-electron chi connectivity index (χ2n) is 6.00. The Bertz CT molecular complexity index is 1070. The van der Waals surface area contributed by atoms with Gasteiger partial charge in [0.05, 0.1) is 44.7 Å². The molecule has 0 spiro atoms. The number of nitrogens with one attached hydrogen (secondary N) is 2.